The number of nitrogens with one attached hydrogen (secondary N) is 11. The van der Waals surface area contributed by atoms with Gasteiger partial charge in [-0.25, -0.2) is 32.6 Å². The third-order valence-corrected chi connectivity index (χ3v) is 16.2. The maximum Gasteiger partial charge on any atom is 0.254 e. The number of aromatic amines is 9. The fourth-order valence-electron chi connectivity index (χ4n) is 7.52. The minimum absolute atomic E-state index is 0.00694. The molecule has 1 unspecified atom stereocenters. The molecule has 1 atom stereocenters. The van der Waals surface area contributed by atoms with Crippen LogP contribution in [0.3, 0.4) is 0 Å². The van der Waals surface area contributed by atoms with Crippen LogP contribution in [0.4, 0.5) is 0 Å². The summed E-state index contributed by atoms with van der Waals surface area (Å²) in [7, 11) is -4.23. The van der Waals surface area contributed by atoms with Crippen molar-refractivity contribution in [3.63, 3.8) is 0 Å². The zero-order valence-electron chi connectivity index (χ0n) is 69.9. The van der Waals surface area contributed by atoms with Crippen LogP contribution in [0.25, 0.3) is 0 Å². The molecule has 0 amide bonds. The predicted octanol–water partition coefficient (Wildman–Crippen LogP) is 16.0. The summed E-state index contributed by atoms with van der Waals surface area (Å²) in [6.45, 7) is 69.2. The Morgan fingerprint density at radius 3 is 1.20 bits per heavy atom. The summed E-state index contributed by atoms with van der Waals surface area (Å²) in [4.78, 5) is 39.1. The smallest absolute Gasteiger partial charge is 0.254 e. The highest BCUT2D eigenvalue weighted by Gasteiger charge is 2.24. The number of hydrogen-bond acceptors (Lipinski definition) is 16. The van der Waals surface area contributed by atoms with Crippen molar-refractivity contribution in [1.82, 2.24) is 116 Å². The Kier molecular flexibility index (Phi) is 36.4. The molecular weight excluding hydrogens is 1380 g/mol. The Morgan fingerprint density at radius 1 is 0.425 bits per heavy atom. The van der Waals surface area contributed by atoms with Crippen LogP contribution in [0, 0.1) is 10.8 Å². The van der Waals surface area contributed by atoms with Crippen molar-refractivity contribution in [3.05, 3.63) is 201 Å². The third-order valence-electron chi connectivity index (χ3n) is 14.3. The Labute approximate surface area is 635 Å². The van der Waals surface area contributed by atoms with E-state index in [1.54, 1.807) is 48.5 Å². The fraction of sp³-hybridized carbons (Fsp3) is 0.571. The monoisotopic (exact) mass is 1510 g/mol. The van der Waals surface area contributed by atoms with Crippen LogP contribution in [0.2, 0.25) is 0 Å². The summed E-state index contributed by atoms with van der Waals surface area (Å²) < 4.78 is 38.5. The van der Waals surface area contributed by atoms with Gasteiger partial charge in [0.05, 0.1) is 23.6 Å². The highest BCUT2D eigenvalue weighted by Crippen LogP contribution is 2.27. The lowest BCUT2D eigenvalue weighted by Gasteiger charge is -2.24. The van der Waals surface area contributed by atoms with Gasteiger partial charge in [-0.05, 0) is 48.6 Å². The van der Waals surface area contributed by atoms with E-state index in [4.69, 9.17) is 0 Å². The molecule has 27 nitrogen and oxygen atoms in total. The number of aromatic nitrogens is 21. The van der Waals surface area contributed by atoms with Gasteiger partial charge in [-0.15, -0.1) is 10.2 Å². The minimum Gasteiger partial charge on any atom is -0.365 e. The quantitative estimate of drug-likeness (QED) is 0.0672. The maximum absolute atomic E-state index is 11.1. The van der Waals surface area contributed by atoms with Crippen LogP contribution in [0.5, 0.6) is 0 Å². The molecule has 29 heteroatoms. The lowest BCUT2D eigenvalue weighted by molar-refractivity contribution is 0.479. The Morgan fingerprint density at radius 2 is 0.953 bits per heavy atom. The number of sulfonamides is 1. The number of allylic oxidation sites excluding steroid dienone is 6. The number of pyridine rings is 1. The lowest BCUT2D eigenvalue weighted by Crippen LogP contribution is -2.30. The first-order valence-corrected chi connectivity index (χ1v) is 38.0. The molecule has 11 heterocycles. The number of H-pyrrole nitrogens is 9. The summed E-state index contributed by atoms with van der Waals surface area (Å²) in [6.07, 6.45) is 22.9. The van der Waals surface area contributed by atoms with E-state index in [1.165, 1.54) is 35.8 Å². The summed E-state index contributed by atoms with van der Waals surface area (Å²) in [5.74, 6) is 3.66. The molecule has 11 N–H and O–H groups in total. The van der Waals surface area contributed by atoms with Crippen molar-refractivity contribution < 1.29 is 12.6 Å². The number of nitrogens with zero attached hydrogens (tertiary/aromatic N) is 12. The van der Waals surface area contributed by atoms with Crippen LogP contribution in [0.15, 0.2) is 144 Å². The van der Waals surface area contributed by atoms with E-state index in [0.717, 1.165) is 51.5 Å². The first-order chi connectivity index (χ1) is 48.2. The van der Waals surface area contributed by atoms with Gasteiger partial charge < -0.3 is 24.7 Å². The second kappa shape index (κ2) is 40.7. The molecule has 0 saturated heterocycles. The molecule has 590 valence electrons. The highest BCUT2D eigenvalue weighted by atomic mass is 32.2. The maximum atomic E-state index is 11.1. The van der Waals surface area contributed by atoms with Crippen LogP contribution in [-0.2, 0) is 69.7 Å². The molecule has 0 fully saturated rings. The van der Waals surface area contributed by atoms with Gasteiger partial charge in [-0.1, -0.05) is 240 Å². The molecule has 2 aliphatic heterocycles. The number of tetrazole rings is 1. The average Bonchev–Trinajstić information content (AvgIpc) is 1.59. The van der Waals surface area contributed by atoms with E-state index in [2.05, 4.69) is 309 Å². The van der Waals surface area contributed by atoms with Crippen LogP contribution in [0.1, 0.15) is 280 Å². The summed E-state index contributed by atoms with van der Waals surface area (Å²) in [6, 6.07) is 11.4. The SMILES string of the molecule is CC(C)(C)C1=CC=CS(=O)(=O)N1.CC(C)(C)C1=CC=CS(=O)N1.CC(C)(C)c1ccc[nH]1.CC(C)(C)c1cccc(=O)[nH]1.CC(C)(C)c1ccn[nH]1.CC(C)(C)c1cn[nH]n1.CC(C)(C)c1cnc[nH]1.CC(C)(C)c1ncc[nH]1.CC(C)(C)c1ncn[nH]1.CC(C)(C)c1ncn[nH]1.CC(C)(C)c1nn[nH]n1. The van der Waals surface area contributed by atoms with Crippen molar-refractivity contribution in [3.8, 4) is 0 Å². The van der Waals surface area contributed by atoms with Crippen molar-refractivity contribution in [1.29, 1.82) is 0 Å². The van der Waals surface area contributed by atoms with E-state index in [9.17, 15) is 17.4 Å². The van der Waals surface area contributed by atoms with Gasteiger partial charge in [0.25, 0.3) is 10.0 Å². The molecule has 2 aliphatic rings. The Bertz CT molecular complexity index is 3560. The number of rotatable bonds is 0. The molecular formula is C77H131N23O4S2. The van der Waals surface area contributed by atoms with Crippen molar-refractivity contribution in [2.75, 3.05) is 0 Å². The highest BCUT2D eigenvalue weighted by molar-refractivity contribution is 7.92. The van der Waals surface area contributed by atoms with E-state index in [-0.39, 0.29) is 65.1 Å². The molecule has 106 heavy (non-hydrogen) atoms. The van der Waals surface area contributed by atoms with Gasteiger partial charge >= 0.3 is 0 Å². The molecule has 9 aromatic rings. The third kappa shape index (κ3) is 39.9. The van der Waals surface area contributed by atoms with Crippen LogP contribution >= 0.6 is 0 Å². The fourth-order valence-corrected chi connectivity index (χ4v) is 9.44. The van der Waals surface area contributed by atoms with Crippen molar-refractivity contribution >= 4 is 21.0 Å². The summed E-state index contributed by atoms with van der Waals surface area (Å²) >= 11 is 0. The second-order valence-corrected chi connectivity index (χ2v) is 38.9. The van der Waals surface area contributed by atoms with Crippen LogP contribution in [-0.4, -0.2) is 119 Å². The van der Waals surface area contributed by atoms with Crippen molar-refractivity contribution in [2.24, 2.45) is 10.8 Å². The van der Waals surface area contributed by atoms with Gasteiger partial charge in [0, 0.05) is 136 Å². The second-order valence-electron chi connectivity index (χ2n) is 36.3. The predicted molar refractivity (Wildman–Crippen MR) is 432 cm³/mol. The molecule has 11 rings (SSSR count). The Hall–Kier alpha value is -8.99. The molecule has 9 aromatic heterocycles. The van der Waals surface area contributed by atoms with E-state index in [1.807, 2.05) is 90.5 Å². The first-order valence-electron chi connectivity index (χ1n) is 35.3. The average molecular weight is 1510 g/mol. The van der Waals surface area contributed by atoms with E-state index < -0.39 is 21.0 Å². The van der Waals surface area contributed by atoms with E-state index >= 15 is 0 Å². The van der Waals surface area contributed by atoms with Gasteiger partial charge in [0.1, 0.15) is 41.1 Å². The zero-order valence-corrected chi connectivity index (χ0v) is 71.6. The van der Waals surface area contributed by atoms with Gasteiger partial charge in [0.2, 0.25) is 5.56 Å². The Balaban J connectivity index is 0.000000584. The number of imidazole rings is 2. The van der Waals surface area contributed by atoms with Gasteiger partial charge in [-0.3, -0.25) is 24.8 Å². The molecule has 0 aliphatic carbocycles. The standard InChI is InChI=1S/C9H13NO.C8H13NO2S.C8H13NOS.C8H13N.3C7H12N2.3C6H11N3.C5H10N4/c1-9(2,3)7-5-4-6-8(11)10-7;1-8(2,3)7-5-4-6-12(10,11)9-7;1-8(2,3)7-5-4-6-11(10)9-7;1-8(2,3)7-5-4-6-9-7;1-7(2,3)6-4-8-5-9-6;1-7(2,3)6-8-4-5-9-6;1-7(2,3)6-4-5-8-9-6;2*1-6(2,3)5-7-4-8-9-5;1-6(2,3)5-4-7-9-8-5;1-5(2,3)4-6-8-9-7-4/h4-6H,1-3H3,(H,10,11);4-6,9H,1-3H3;4-6,9H,1-3H3;4-6,9H,1-3H3;3*4-5H,1-3H3,(H,8,9);3*4H,1-3H3,(H,7,8,9);1-3H3,(H,6,7,8,9). The van der Waals surface area contributed by atoms with E-state index in [0.29, 0.717) is 0 Å². The summed E-state index contributed by atoms with van der Waals surface area (Å²) in [5.41, 5.74) is 8.44. The first kappa shape index (κ1) is 95.0. The molecule has 0 saturated carbocycles. The molecule has 0 bridgehead atoms. The molecule has 0 aromatic carbocycles. The lowest BCUT2D eigenvalue weighted by atomic mass is 9.92. The topological polar surface area (TPSA) is 389 Å². The molecule has 0 spiro atoms. The molecule has 0 radical (unpaired) electrons. The minimum atomic E-state index is -3.21. The normalized spacial score (nSPS) is 14.2. The van der Waals surface area contributed by atoms with Crippen LogP contribution < -0.4 is 15.0 Å². The zero-order chi connectivity index (χ0) is 81.6. The number of hydrogen-bond donors (Lipinski definition) is 11. The van der Waals surface area contributed by atoms with Gasteiger partial charge in [-0.2, -0.15) is 35.9 Å². The van der Waals surface area contributed by atoms with Crippen molar-refractivity contribution in [2.45, 2.75) is 277 Å². The summed E-state index contributed by atoms with van der Waals surface area (Å²) in [5, 5.41) is 46.5. The van der Waals surface area contributed by atoms with Gasteiger partial charge in [0.15, 0.2) is 5.82 Å². The largest absolute Gasteiger partial charge is 0.365 e.